The van der Waals surface area contributed by atoms with Gasteiger partial charge in [-0.05, 0) is 98.2 Å². The first kappa shape index (κ1) is 21.8. The number of carbonyl (C=O) groups excluding carboxylic acids is 2. The molecule has 1 N–H and O–H groups in total. The monoisotopic (exact) mass is 427 g/mol. The summed E-state index contributed by atoms with van der Waals surface area (Å²) in [6.45, 7) is 10.0. The van der Waals surface area contributed by atoms with Gasteiger partial charge in [-0.2, -0.15) is 0 Å². The third-order valence-corrected chi connectivity index (χ3v) is 11.0. The molecular weight excluding hydrogens is 386 g/mol. The molecule has 4 aliphatic carbocycles. The Labute approximate surface area is 187 Å². The Kier molecular flexibility index (Phi) is 5.27. The maximum absolute atomic E-state index is 13.3. The zero-order valence-electron chi connectivity index (χ0n) is 19.9. The summed E-state index contributed by atoms with van der Waals surface area (Å²) in [5, 5.41) is 10.2. The van der Waals surface area contributed by atoms with Crippen molar-refractivity contribution >= 4 is 17.3 Å². The zero-order valence-corrected chi connectivity index (χ0v) is 19.9. The zero-order chi connectivity index (χ0) is 22.1. The van der Waals surface area contributed by atoms with Crippen molar-refractivity contribution in [3.63, 3.8) is 0 Å². The van der Waals surface area contributed by atoms with Gasteiger partial charge in [-0.3, -0.25) is 14.6 Å². The molecule has 0 bridgehead atoms. The second kappa shape index (κ2) is 7.50. The summed E-state index contributed by atoms with van der Waals surface area (Å²) in [5.74, 6) is 3.51. The van der Waals surface area contributed by atoms with Gasteiger partial charge in [-0.1, -0.05) is 27.7 Å². The van der Waals surface area contributed by atoms with E-state index in [0.717, 1.165) is 44.4 Å². The quantitative estimate of drug-likeness (QED) is 0.699. The van der Waals surface area contributed by atoms with Crippen LogP contribution in [0.3, 0.4) is 0 Å². The number of carbonyl (C=O) groups is 2. The van der Waals surface area contributed by atoms with E-state index >= 15 is 0 Å². The molecule has 0 aromatic carbocycles. The second-order valence-electron chi connectivity index (χ2n) is 12.4. The van der Waals surface area contributed by atoms with Crippen LogP contribution in [0.15, 0.2) is 4.99 Å². The molecule has 172 valence electrons. The lowest BCUT2D eigenvalue weighted by Crippen LogP contribution is -2.57. The van der Waals surface area contributed by atoms with E-state index in [1.54, 1.807) is 0 Å². The van der Waals surface area contributed by atoms with Crippen molar-refractivity contribution in [1.29, 1.82) is 0 Å². The molecule has 0 spiro atoms. The summed E-state index contributed by atoms with van der Waals surface area (Å²) in [4.78, 5) is 30.7. The van der Waals surface area contributed by atoms with Gasteiger partial charge in [0, 0.05) is 18.4 Å². The van der Waals surface area contributed by atoms with E-state index in [0.29, 0.717) is 41.8 Å². The van der Waals surface area contributed by atoms with Gasteiger partial charge in [0.1, 0.15) is 6.10 Å². The molecule has 0 amide bonds. The predicted molar refractivity (Wildman–Crippen MR) is 122 cm³/mol. The van der Waals surface area contributed by atoms with Gasteiger partial charge in [-0.15, -0.1) is 0 Å². The third-order valence-electron chi connectivity index (χ3n) is 11.0. The number of Topliss-reactive ketones (excluding diaryl/α,β-unsaturated/α-hetero) is 2. The lowest BCUT2D eigenvalue weighted by molar-refractivity contribution is -0.160. The van der Waals surface area contributed by atoms with Crippen molar-refractivity contribution in [1.82, 2.24) is 0 Å². The fraction of sp³-hybridized carbons (Fsp3) is 0.889. The lowest BCUT2D eigenvalue weighted by Gasteiger charge is -2.60. The molecule has 10 atom stereocenters. The minimum absolute atomic E-state index is 0.0573. The minimum atomic E-state index is -0.729. The molecule has 4 heteroatoms. The molecule has 5 rings (SSSR count). The van der Waals surface area contributed by atoms with Crippen LogP contribution in [0, 0.1) is 52.3 Å². The molecule has 0 unspecified atom stereocenters. The van der Waals surface area contributed by atoms with Gasteiger partial charge in [0.05, 0.1) is 5.71 Å². The van der Waals surface area contributed by atoms with Crippen LogP contribution in [-0.2, 0) is 9.59 Å². The summed E-state index contributed by atoms with van der Waals surface area (Å²) in [7, 11) is 0. The number of nitrogens with zero attached hydrogens (tertiary/aromatic N) is 1. The highest BCUT2D eigenvalue weighted by Crippen LogP contribution is 2.68. The van der Waals surface area contributed by atoms with E-state index in [9.17, 15) is 14.7 Å². The standard InChI is InChI=1S/C27H41NO3/c1-15-13-22(28-14-15)24(30)16(2)18-7-8-19-17-5-6-21-25(31)23(29)10-12-27(21,4)20(17)9-11-26(18,19)3/h15-21,23,29H,5-14H2,1-4H3/t15-,16+,17+,18-,19-,20+,21+,23+,26-,27-/m1/s1. The van der Waals surface area contributed by atoms with E-state index in [-0.39, 0.29) is 28.4 Å². The molecule has 0 saturated heterocycles. The molecule has 1 aliphatic heterocycles. The van der Waals surface area contributed by atoms with E-state index in [1.807, 2.05) is 0 Å². The molecule has 4 fully saturated rings. The smallest absolute Gasteiger partial charge is 0.179 e. The SMILES string of the molecule is C[C@H]1CN=C(C(=O)[C@@H](C)[C@H]2CC[C@@H]3[C@@H]4CC[C@H]5C(=O)[C@@H](O)CC[C@]5(C)[C@H]4CC[C@@]32C)C1. The molecule has 5 aliphatic rings. The van der Waals surface area contributed by atoms with Crippen molar-refractivity contribution in [2.45, 2.75) is 91.6 Å². The molecule has 0 radical (unpaired) electrons. The van der Waals surface area contributed by atoms with Gasteiger partial charge in [0.2, 0.25) is 0 Å². The Morgan fingerprint density at radius 3 is 2.45 bits per heavy atom. The number of aliphatic imine (C=N–C) groups is 1. The highest BCUT2D eigenvalue weighted by Gasteiger charge is 2.62. The van der Waals surface area contributed by atoms with Gasteiger partial charge in [-0.25, -0.2) is 0 Å². The largest absolute Gasteiger partial charge is 0.385 e. The number of hydrogen-bond donors (Lipinski definition) is 1. The summed E-state index contributed by atoms with van der Waals surface area (Å²) in [6, 6.07) is 0. The average Bonchev–Trinajstić information content (AvgIpc) is 3.33. The number of hydrogen-bond acceptors (Lipinski definition) is 4. The van der Waals surface area contributed by atoms with Crippen molar-refractivity contribution in [3.8, 4) is 0 Å². The van der Waals surface area contributed by atoms with Crippen LogP contribution in [-0.4, -0.2) is 35.0 Å². The molecular formula is C27H41NO3. The Morgan fingerprint density at radius 2 is 1.74 bits per heavy atom. The third kappa shape index (κ3) is 3.14. The van der Waals surface area contributed by atoms with Gasteiger partial charge < -0.3 is 5.11 Å². The number of rotatable bonds is 3. The van der Waals surface area contributed by atoms with Crippen LogP contribution in [0.5, 0.6) is 0 Å². The first-order valence-electron chi connectivity index (χ1n) is 13.0. The van der Waals surface area contributed by atoms with E-state index in [2.05, 4.69) is 32.7 Å². The topological polar surface area (TPSA) is 66.7 Å². The van der Waals surface area contributed by atoms with Crippen molar-refractivity contribution < 1.29 is 14.7 Å². The molecule has 0 aromatic heterocycles. The number of aliphatic hydroxyl groups is 1. The maximum Gasteiger partial charge on any atom is 0.179 e. The minimum Gasteiger partial charge on any atom is -0.385 e. The van der Waals surface area contributed by atoms with Crippen LogP contribution < -0.4 is 0 Å². The molecule has 0 aromatic rings. The average molecular weight is 428 g/mol. The Hall–Kier alpha value is -1.03. The maximum atomic E-state index is 13.3. The number of fused-ring (bicyclic) bond motifs is 5. The van der Waals surface area contributed by atoms with Crippen molar-refractivity contribution in [2.75, 3.05) is 6.54 Å². The Morgan fingerprint density at radius 1 is 1.03 bits per heavy atom. The van der Waals surface area contributed by atoms with E-state index in [4.69, 9.17) is 0 Å². The van der Waals surface area contributed by atoms with Crippen LogP contribution in [0.4, 0.5) is 0 Å². The molecule has 31 heavy (non-hydrogen) atoms. The van der Waals surface area contributed by atoms with E-state index < -0.39 is 6.10 Å². The van der Waals surface area contributed by atoms with Crippen LogP contribution in [0.25, 0.3) is 0 Å². The summed E-state index contributed by atoms with van der Waals surface area (Å²) < 4.78 is 0. The Bertz CT molecular complexity index is 804. The lowest BCUT2D eigenvalue weighted by atomic mass is 9.44. The van der Waals surface area contributed by atoms with Crippen molar-refractivity contribution in [3.05, 3.63) is 0 Å². The first-order valence-corrected chi connectivity index (χ1v) is 13.0. The number of aliphatic hydroxyl groups excluding tert-OH is 1. The first-order chi connectivity index (χ1) is 14.7. The van der Waals surface area contributed by atoms with Gasteiger partial charge in [0.25, 0.3) is 0 Å². The highest BCUT2D eigenvalue weighted by molar-refractivity contribution is 6.41. The van der Waals surface area contributed by atoms with Crippen molar-refractivity contribution in [2.24, 2.45) is 57.2 Å². The van der Waals surface area contributed by atoms with Crippen LogP contribution >= 0.6 is 0 Å². The predicted octanol–water partition coefficient (Wildman–Crippen LogP) is 4.87. The molecule has 1 heterocycles. The molecule has 4 nitrogen and oxygen atoms in total. The normalized spacial score (nSPS) is 50.3. The van der Waals surface area contributed by atoms with Gasteiger partial charge >= 0.3 is 0 Å². The highest BCUT2D eigenvalue weighted by atomic mass is 16.3. The summed E-state index contributed by atoms with van der Waals surface area (Å²) >= 11 is 0. The number of ketones is 2. The second-order valence-corrected chi connectivity index (χ2v) is 12.4. The van der Waals surface area contributed by atoms with E-state index in [1.165, 1.54) is 19.3 Å². The van der Waals surface area contributed by atoms with Gasteiger partial charge in [0.15, 0.2) is 11.6 Å². The molecule has 4 saturated carbocycles. The summed E-state index contributed by atoms with van der Waals surface area (Å²) in [6.07, 6.45) is 8.62. The Balaban J connectivity index is 1.36. The summed E-state index contributed by atoms with van der Waals surface area (Å²) in [5.41, 5.74) is 1.16. The fourth-order valence-electron chi connectivity index (χ4n) is 9.32. The fourth-order valence-corrected chi connectivity index (χ4v) is 9.32. The van der Waals surface area contributed by atoms with Crippen LogP contribution in [0.2, 0.25) is 0 Å². The van der Waals surface area contributed by atoms with Crippen LogP contribution in [0.1, 0.15) is 85.5 Å².